The molecule has 0 spiro atoms. The van der Waals surface area contributed by atoms with Gasteiger partial charge in [-0.1, -0.05) is 143 Å². The molecule has 0 saturated carbocycles. The van der Waals surface area contributed by atoms with Gasteiger partial charge in [0.25, 0.3) is 0 Å². The average molecular weight is 717 g/mol. The molecule has 10 aromatic rings. The molecule has 0 bridgehead atoms. The molecular formula is C54H40N2. The summed E-state index contributed by atoms with van der Waals surface area (Å²) >= 11 is 0. The minimum atomic E-state index is -0.228. The van der Waals surface area contributed by atoms with Crippen LogP contribution in [0.5, 0.6) is 0 Å². The van der Waals surface area contributed by atoms with E-state index in [2.05, 4.69) is 207 Å². The number of anilines is 3. The third kappa shape index (κ3) is 4.06. The van der Waals surface area contributed by atoms with Crippen molar-refractivity contribution in [1.29, 1.82) is 0 Å². The molecule has 0 amide bonds. The van der Waals surface area contributed by atoms with Gasteiger partial charge in [-0.2, -0.15) is 0 Å². The fraction of sp³-hybridized carbons (Fsp3) is 0.111. The Labute approximate surface area is 326 Å². The van der Waals surface area contributed by atoms with Crippen molar-refractivity contribution in [2.75, 3.05) is 4.90 Å². The van der Waals surface area contributed by atoms with Gasteiger partial charge < -0.3 is 9.47 Å². The summed E-state index contributed by atoms with van der Waals surface area (Å²) in [6.07, 6.45) is 0. The van der Waals surface area contributed by atoms with Crippen LogP contribution in [0.3, 0.4) is 0 Å². The van der Waals surface area contributed by atoms with Crippen LogP contribution in [-0.2, 0) is 10.8 Å². The van der Waals surface area contributed by atoms with E-state index in [0.717, 1.165) is 0 Å². The molecule has 2 aliphatic rings. The molecule has 2 nitrogen and oxygen atoms in total. The first kappa shape index (κ1) is 31.7. The molecule has 0 radical (unpaired) electrons. The maximum absolute atomic E-state index is 2.57. The highest BCUT2D eigenvalue weighted by molar-refractivity contribution is 6.25. The van der Waals surface area contributed by atoms with E-state index in [1.807, 2.05) is 0 Å². The minimum Gasteiger partial charge on any atom is -0.310 e. The summed E-state index contributed by atoms with van der Waals surface area (Å²) in [5, 5.41) is 10.3. The van der Waals surface area contributed by atoms with Crippen molar-refractivity contribution in [3.63, 3.8) is 0 Å². The van der Waals surface area contributed by atoms with Crippen LogP contribution in [0.2, 0.25) is 0 Å². The molecular weight excluding hydrogens is 677 g/mol. The molecule has 1 aliphatic carbocycles. The summed E-state index contributed by atoms with van der Waals surface area (Å²) in [7, 11) is 0. The number of benzene rings is 9. The largest absolute Gasteiger partial charge is 0.310 e. The number of fused-ring (bicyclic) bond motifs is 14. The van der Waals surface area contributed by atoms with E-state index in [-0.39, 0.29) is 10.8 Å². The third-order valence-corrected chi connectivity index (χ3v) is 13.3. The van der Waals surface area contributed by atoms with E-state index in [1.54, 1.807) is 0 Å². The zero-order chi connectivity index (χ0) is 37.5. The van der Waals surface area contributed by atoms with Gasteiger partial charge in [0.2, 0.25) is 0 Å². The summed E-state index contributed by atoms with van der Waals surface area (Å²) in [6, 6.07) is 63.8. The standard InChI is InChI=1S/C54H40N2/c1-53(2)45-23-13-12-22-40(45)42-29-43-44-30-52-48(54(3,4)46-24-14-15-25-49(46)55(52)33-16-6-5-7-17-33)32-51(44)56(50(43)31-47(42)53)34-26-27-39-37-20-9-8-18-35(37)36-19-10-11-21-38(36)41(39)28-34/h5-32H,1-4H3. The number of rotatable bonds is 2. The Bertz CT molecular complexity index is 3270. The highest BCUT2D eigenvalue weighted by Crippen LogP contribution is 2.55. The van der Waals surface area contributed by atoms with Crippen molar-refractivity contribution in [3.05, 3.63) is 192 Å². The number of nitrogens with zero attached hydrogens (tertiary/aromatic N) is 2. The monoisotopic (exact) mass is 716 g/mol. The highest BCUT2D eigenvalue weighted by Gasteiger charge is 2.39. The van der Waals surface area contributed by atoms with E-state index in [1.165, 1.54) is 110 Å². The molecule has 2 heteroatoms. The molecule has 0 fully saturated rings. The predicted molar refractivity (Wildman–Crippen MR) is 238 cm³/mol. The number of hydrogen-bond acceptors (Lipinski definition) is 1. The molecule has 2 heterocycles. The zero-order valence-corrected chi connectivity index (χ0v) is 32.1. The Morgan fingerprint density at radius 2 is 0.857 bits per heavy atom. The maximum atomic E-state index is 2.57. The van der Waals surface area contributed by atoms with Gasteiger partial charge in [-0.3, -0.25) is 0 Å². The first-order valence-electron chi connectivity index (χ1n) is 19.9. The van der Waals surface area contributed by atoms with Gasteiger partial charge in [0.15, 0.2) is 0 Å². The van der Waals surface area contributed by atoms with Gasteiger partial charge in [0.05, 0.1) is 22.4 Å². The molecule has 0 atom stereocenters. The van der Waals surface area contributed by atoms with Gasteiger partial charge in [0.1, 0.15) is 0 Å². The van der Waals surface area contributed by atoms with Crippen molar-refractivity contribution in [2.45, 2.75) is 38.5 Å². The van der Waals surface area contributed by atoms with E-state index < -0.39 is 0 Å². The van der Waals surface area contributed by atoms with Crippen LogP contribution < -0.4 is 4.90 Å². The van der Waals surface area contributed by atoms with E-state index in [9.17, 15) is 0 Å². The molecule has 12 rings (SSSR count). The van der Waals surface area contributed by atoms with E-state index in [4.69, 9.17) is 0 Å². The van der Waals surface area contributed by atoms with Crippen molar-refractivity contribution in [2.24, 2.45) is 0 Å². The van der Waals surface area contributed by atoms with Crippen molar-refractivity contribution in [1.82, 2.24) is 4.57 Å². The number of hydrogen-bond donors (Lipinski definition) is 0. The van der Waals surface area contributed by atoms with Crippen LogP contribution in [-0.4, -0.2) is 4.57 Å². The van der Waals surface area contributed by atoms with E-state index >= 15 is 0 Å². The lowest BCUT2D eigenvalue weighted by Crippen LogP contribution is -2.30. The normalized spacial score (nSPS) is 15.0. The molecule has 56 heavy (non-hydrogen) atoms. The Hall–Kier alpha value is -6.64. The molecule has 0 N–H and O–H groups in total. The summed E-state index contributed by atoms with van der Waals surface area (Å²) in [5.74, 6) is 0. The van der Waals surface area contributed by atoms with Gasteiger partial charge in [-0.05, 0) is 120 Å². The van der Waals surface area contributed by atoms with Crippen LogP contribution >= 0.6 is 0 Å². The van der Waals surface area contributed by atoms with Crippen LogP contribution in [0.1, 0.15) is 49.9 Å². The van der Waals surface area contributed by atoms with E-state index in [0.29, 0.717) is 0 Å². The first-order chi connectivity index (χ1) is 27.3. The molecule has 0 unspecified atom stereocenters. The molecule has 9 aromatic carbocycles. The van der Waals surface area contributed by atoms with Crippen molar-refractivity contribution >= 4 is 71.2 Å². The van der Waals surface area contributed by atoms with Gasteiger partial charge in [0, 0.05) is 33.0 Å². The zero-order valence-electron chi connectivity index (χ0n) is 32.1. The molecule has 1 aromatic heterocycles. The lowest BCUT2D eigenvalue weighted by Gasteiger charge is -2.42. The minimum absolute atomic E-state index is 0.118. The third-order valence-electron chi connectivity index (χ3n) is 13.3. The lowest BCUT2D eigenvalue weighted by molar-refractivity contribution is 0.632. The summed E-state index contributed by atoms with van der Waals surface area (Å²) in [6.45, 7) is 9.57. The second-order valence-corrected chi connectivity index (χ2v) is 16.9. The quantitative estimate of drug-likeness (QED) is 0.162. The number of aromatic nitrogens is 1. The van der Waals surface area contributed by atoms with Crippen LogP contribution in [0, 0.1) is 0 Å². The first-order valence-corrected chi connectivity index (χ1v) is 19.9. The SMILES string of the molecule is CC1(C)c2ccccc2-c2cc3c4cc5c(cc4n(-c4ccc6c7ccccc7c7ccccc7c6c4)c3cc21)C(C)(C)c1ccccc1N5c1ccccc1. The van der Waals surface area contributed by atoms with Crippen LogP contribution in [0.4, 0.5) is 17.1 Å². The fourth-order valence-corrected chi connectivity index (χ4v) is 10.6. The Kier molecular flexibility index (Phi) is 6.22. The van der Waals surface area contributed by atoms with Crippen LogP contribution in [0.25, 0.3) is 70.9 Å². The van der Waals surface area contributed by atoms with Gasteiger partial charge in [-0.15, -0.1) is 0 Å². The predicted octanol–water partition coefficient (Wildman–Crippen LogP) is 14.7. The van der Waals surface area contributed by atoms with Gasteiger partial charge >= 0.3 is 0 Å². The summed E-state index contributed by atoms with van der Waals surface area (Å²) in [5.41, 5.74) is 15.1. The topological polar surface area (TPSA) is 8.17 Å². The van der Waals surface area contributed by atoms with Crippen LogP contribution in [0.15, 0.2) is 170 Å². The fourth-order valence-electron chi connectivity index (χ4n) is 10.6. The van der Waals surface area contributed by atoms with Crippen molar-refractivity contribution in [3.8, 4) is 16.8 Å². The second kappa shape index (κ2) is 11.0. The summed E-state index contributed by atoms with van der Waals surface area (Å²) < 4.78 is 2.57. The lowest BCUT2D eigenvalue weighted by atomic mass is 9.73. The molecule has 266 valence electrons. The van der Waals surface area contributed by atoms with Gasteiger partial charge in [-0.25, -0.2) is 0 Å². The Morgan fingerprint density at radius 3 is 1.57 bits per heavy atom. The maximum Gasteiger partial charge on any atom is 0.0545 e. The summed E-state index contributed by atoms with van der Waals surface area (Å²) in [4.78, 5) is 2.48. The Balaban J connectivity index is 1.23. The highest BCUT2D eigenvalue weighted by atomic mass is 15.2. The van der Waals surface area contributed by atoms with Crippen molar-refractivity contribution < 1.29 is 0 Å². The Morgan fingerprint density at radius 1 is 0.321 bits per heavy atom. The molecule has 1 aliphatic heterocycles. The molecule has 0 saturated heterocycles. The second-order valence-electron chi connectivity index (χ2n) is 16.9. The smallest absolute Gasteiger partial charge is 0.0545 e. The number of para-hydroxylation sites is 2. The average Bonchev–Trinajstić information content (AvgIpc) is 3.67.